The number of aryl methyl sites for hydroxylation is 2. The van der Waals surface area contributed by atoms with Crippen molar-refractivity contribution in [2.45, 2.75) is 26.2 Å². The fourth-order valence-electron chi connectivity index (χ4n) is 2.29. The molecule has 0 spiro atoms. The second kappa shape index (κ2) is 5.70. The minimum absolute atomic E-state index is 0.0852. The highest BCUT2D eigenvalue weighted by Gasteiger charge is 2.17. The van der Waals surface area contributed by atoms with Gasteiger partial charge in [-0.2, -0.15) is 0 Å². The molecule has 0 aliphatic carbocycles. The average molecular weight is 254 g/mol. The van der Waals surface area contributed by atoms with E-state index in [1.807, 2.05) is 56.3 Å². The van der Waals surface area contributed by atoms with Gasteiger partial charge in [0.1, 0.15) is 0 Å². The van der Waals surface area contributed by atoms with Gasteiger partial charge in [0.25, 0.3) is 0 Å². The molecule has 98 valence electrons. The highest BCUT2D eigenvalue weighted by molar-refractivity contribution is 5.69. The molecule has 2 heteroatoms. The summed E-state index contributed by atoms with van der Waals surface area (Å²) in [7, 11) is 0. The summed E-state index contributed by atoms with van der Waals surface area (Å²) >= 11 is 0. The third kappa shape index (κ3) is 3.44. The summed E-state index contributed by atoms with van der Waals surface area (Å²) in [5.74, 6) is -0.856. The van der Waals surface area contributed by atoms with E-state index in [1.165, 1.54) is 5.56 Å². The van der Waals surface area contributed by atoms with Crippen LogP contribution in [0.4, 0.5) is 0 Å². The van der Waals surface area contributed by atoms with Gasteiger partial charge in [-0.15, -0.1) is 0 Å². The van der Waals surface area contributed by atoms with Crippen molar-refractivity contribution in [3.05, 3.63) is 70.8 Å². The number of carbonyl (C=O) groups is 1. The van der Waals surface area contributed by atoms with Gasteiger partial charge in [-0.3, -0.25) is 4.79 Å². The maximum Gasteiger partial charge on any atom is 0.304 e. The van der Waals surface area contributed by atoms with Crippen LogP contribution in [0.1, 0.15) is 34.6 Å². The van der Waals surface area contributed by atoms with Gasteiger partial charge in [-0.1, -0.05) is 59.7 Å². The lowest BCUT2D eigenvalue weighted by molar-refractivity contribution is -0.137. The Morgan fingerprint density at radius 3 is 2.26 bits per heavy atom. The van der Waals surface area contributed by atoms with E-state index in [0.717, 1.165) is 16.7 Å². The first-order chi connectivity index (χ1) is 9.06. The number of rotatable bonds is 4. The van der Waals surface area contributed by atoms with Crippen molar-refractivity contribution in [3.8, 4) is 0 Å². The standard InChI is InChI=1S/C17H18O2/c1-12-6-8-14(9-7-12)16(11-17(18)19)15-5-3-4-13(2)10-15/h3-10,16H,11H2,1-2H3,(H,18,19). The molecular weight excluding hydrogens is 236 g/mol. The van der Waals surface area contributed by atoms with E-state index in [0.29, 0.717) is 0 Å². The van der Waals surface area contributed by atoms with Gasteiger partial charge in [0, 0.05) is 5.92 Å². The molecule has 1 N–H and O–H groups in total. The van der Waals surface area contributed by atoms with E-state index >= 15 is 0 Å². The van der Waals surface area contributed by atoms with Crippen molar-refractivity contribution in [1.82, 2.24) is 0 Å². The van der Waals surface area contributed by atoms with Crippen LogP contribution in [0.15, 0.2) is 48.5 Å². The zero-order valence-corrected chi connectivity index (χ0v) is 11.3. The van der Waals surface area contributed by atoms with Crippen LogP contribution in [-0.2, 0) is 4.79 Å². The predicted octanol–water partition coefficient (Wildman–Crippen LogP) is 3.91. The van der Waals surface area contributed by atoms with Gasteiger partial charge in [-0.05, 0) is 25.0 Å². The number of hydrogen-bond donors (Lipinski definition) is 1. The van der Waals surface area contributed by atoms with Crippen LogP contribution in [0.2, 0.25) is 0 Å². The zero-order valence-electron chi connectivity index (χ0n) is 11.3. The van der Waals surface area contributed by atoms with Crippen molar-refractivity contribution < 1.29 is 9.90 Å². The quantitative estimate of drug-likeness (QED) is 0.898. The van der Waals surface area contributed by atoms with E-state index in [2.05, 4.69) is 6.07 Å². The summed E-state index contributed by atoms with van der Waals surface area (Å²) in [6, 6.07) is 16.2. The van der Waals surface area contributed by atoms with Crippen LogP contribution in [0.3, 0.4) is 0 Å². The Kier molecular flexibility index (Phi) is 4.00. The smallest absolute Gasteiger partial charge is 0.304 e. The van der Waals surface area contributed by atoms with Gasteiger partial charge in [0.15, 0.2) is 0 Å². The Morgan fingerprint density at radius 1 is 1.00 bits per heavy atom. The molecule has 0 radical (unpaired) electrons. The minimum Gasteiger partial charge on any atom is -0.481 e. The van der Waals surface area contributed by atoms with E-state index in [-0.39, 0.29) is 12.3 Å². The second-order valence-electron chi connectivity index (χ2n) is 4.98. The molecule has 0 fully saturated rings. The van der Waals surface area contributed by atoms with Crippen molar-refractivity contribution in [1.29, 1.82) is 0 Å². The third-order valence-electron chi connectivity index (χ3n) is 3.30. The van der Waals surface area contributed by atoms with Crippen molar-refractivity contribution in [2.75, 3.05) is 0 Å². The maximum atomic E-state index is 11.1. The van der Waals surface area contributed by atoms with Gasteiger partial charge >= 0.3 is 5.97 Å². The van der Waals surface area contributed by atoms with Gasteiger partial charge in [0.2, 0.25) is 0 Å². The molecule has 0 saturated heterocycles. The molecule has 0 amide bonds. The molecule has 2 rings (SSSR count). The van der Waals surface area contributed by atoms with Crippen LogP contribution in [-0.4, -0.2) is 11.1 Å². The Balaban J connectivity index is 2.40. The number of carboxylic acids is 1. The topological polar surface area (TPSA) is 37.3 Å². The molecule has 2 aromatic carbocycles. The minimum atomic E-state index is -0.771. The monoisotopic (exact) mass is 254 g/mol. The summed E-state index contributed by atoms with van der Waals surface area (Å²) in [6.45, 7) is 4.05. The lowest BCUT2D eigenvalue weighted by atomic mass is 9.87. The molecule has 2 nitrogen and oxygen atoms in total. The zero-order chi connectivity index (χ0) is 13.8. The van der Waals surface area contributed by atoms with Crippen LogP contribution >= 0.6 is 0 Å². The number of carboxylic acid groups (broad SMARTS) is 1. The summed E-state index contributed by atoms with van der Waals surface area (Å²) in [5, 5.41) is 9.13. The fourth-order valence-corrected chi connectivity index (χ4v) is 2.29. The first kappa shape index (κ1) is 13.3. The van der Waals surface area contributed by atoms with Gasteiger partial charge < -0.3 is 5.11 Å². The number of hydrogen-bond acceptors (Lipinski definition) is 1. The summed E-state index contributed by atoms with van der Waals surface area (Å²) in [4.78, 5) is 11.1. The molecule has 19 heavy (non-hydrogen) atoms. The predicted molar refractivity (Wildman–Crippen MR) is 76.5 cm³/mol. The molecule has 0 saturated carbocycles. The Morgan fingerprint density at radius 2 is 1.68 bits per heavy atom. The first-order valence-corrected chi connectivity index (χ1v) is 6.41. The molecular formula is C17H18O2. The third-order valence-corrected chi connectivity index (χ3v) is 3.30. The molecule has 2 aromatic rings. The molecule has 0 aliphatic heterocycles. The molecule has 1 unspecified atom stereocenters. The van der Waals surface area contributed by atoms with E-state index in [9.17, 15) is 4.79 Å². The van der Waals surface area contributed by atoms with E-state index < -0.39 is 5.97 Å². The van der Waals surface area contributed by atoms with Crippen molar-refractivity contribution >= 4 is 5.97 Å². The highest BCUT2D eigenvalue weighted by Crippen LogP contribution is 2.28. The van der Waals surface area contributed by atoms with Gasteiger partial charge in [0.05, 0.1) is 6.42 Å². The maximum absolute atomic E-state index is 11.1. The van der Waals surface area contributed by atoms with Crippen molar-refractivity contribution in [2.24, 2.45) is 0 Å². The first-order valence-electron chi connectivity index (χ1n) is 6.41. The van der Waals surface area contributed by atoms with Crippen LogP contribution in [0.25, 0.3) is 0 Å². The summed E-state index contributed by atoms with van der Waals surface area (Å²) in [6.07, 6.45) is 0.118. The summed E-state index contributed by atoms with van der Waals surface area (Å²) < 4.78 is 0. The fraction of sp³-hybridized carbons (Fsp3) is 0.235. The van der Waals surface area contributed by atoms with Crippen LogP contribution in [0, 0.1) is 13.8 Å². The Labute approximate surface area is 113 Å². The molecule has 0 heterocycles. The van der Waals surface area contributed by atoms with Crippen LogP contribution in [0.5, 0.6) is 0 Å². The van der Waals surface area contributed by atoms with Crippen molar-refractivity contribution in [3.63, 3.8) is 0 Å². The largest absolute Gasteiger partial charge is 0.481 e. The molecule has 1 atom stereocenters. The Bertz CT molecular complexity index is 570. The molecule has 0 aromatic heterocycles. The number of benzene rings is 2. The number of aliphatic carboxylic acids is 1. The van der Waals surface area contributed by atoms with E-state index in [1.54, 1.807) is 0 Å². The normalized spacial score (nSPS) is 12.1. The van der Waals surface area contributed by atoms with Gasteiger partial charge in [-0.25, -0.2) is 0 Å². The van der Waals surface area contributed by atoms with E-state index in [4.69, 9.17) is 5.11 Å². The Hall–Kier alpha value is -2.09. The summed E-state index contributed by atoms with van der Waals surface area (Å²) in [5.41, 5.74) is 4.45. The lowest BCUT2D eigenvalue weighted by Crippen LogP contribution is -2.08. The average Bonchev–Trinajstić information content (AvgIpc) is 2.37. The second-order valence-corrected chi connectivity index (χ2v) is 4.98. The highest BCUT2D eigenvalue weighted by atomic mass is 16.4. The molecule has 0 aliphatic rings. The SMILES string of the molecule is Cc1ccc(C(CC(=O)O)c2cccc(C)c2)cc1. The molecule has 0 bridgehead atoms. The lowest BCUT2D eigenvalue weighted by Gasteiger charge is -2.16. The van der Waals surface area contributed by atoms with Crippen LogP contribution < -0.4 is 0 Å².